The van der Waals surface area contributed by atoms with Crippen LogP contribution in [0.1, 0.15) is 0 Å². The quantitative estimate of drug-likeness (QED) is 0.698. The Kier molecular flexibility index (Phi) is 4.44. The third-order valence-corrected chi connectivity index (χ3v) is 6.21. The number of fused-ring (bicyclic) bond motifs is 2. The molecule has 1 atom stereocenters. The van der Waals surface area contributed by atoms with Crippen LogP contribution in [0.25, 0.3) is 0 Å². The van der Waals surface area contributed by atoms with Crippen molar-refractivity contribution in [3.05, 3.63) is 39.4 Å². The number of pyridine rings is 1. The van der Waals surface area contributed by atoms with Crippen LogP contribution in [0.3, 0.4) is 0 Å². The fourth-order valence-electron chi connectivity index (χ4n) is 4.07. The lowest BCUT2D eigenvalue weighted by molar-refractivity contribution is -0.192. The van der Waals surface area contributed by atoms with Gasteiger partial charge in [0.05, 0.1) is 31.5 Å². The van der Waals surface area contributed by atoms with Crippen molar-refractivity contribution in [3.63, 3.8) is 0 Å². The van der Waals surface area contributed by atoms with Crippen LogP contribution in [-0.2, 0) is 4.74 Å². The maximum absolute atomic E-state index is 10.8. The van der Waals surface area contributed by atoms with Crippen LogP contribution < -0.4 is 9.64 Å². The first kappa shape index (κ1) is 17.9. The van der Waals surface area contributed by atoms with E-state index in [0.29, 0.717) is 24.3 Å². The van der Waals surface area contributed by atoms with E-state index in [1.807, 2.05) is 29.2 Å². The normalized spacial score (nSPS) is 20.9. The highest BCUT2D eigenvalue weighted by Crippen LogP contribution is 2.47. The second-order valence-corrected chi connectivity index (χ2v) is 9.45. The molecule has 4 heterocycles. The van der Waals surface area contributed by atoms with Crippen molar-refractivity contribution in [3.8, 4) is 11.5 Å². The van der Waals surface area contributed by atoms with E-state index in [2.05, 4.69) is 41.7 Å². The van der Waals surface area contributed by atoms with E-state index >= 15 is 0 Å². The average Bonchev–Trinajstić information content (AvgIpc) is 2.55. The molecule has 1 aromatic carbocycles. The number of anilines is 2. The van der Waals surface area contributed by atoms with Crippen molar-refractivity contribution >= 4 is 43.4 Å². The van der Waals surface area contributed by atoms with Gasteiger partial charge in [-0.3, -0.25) is 4.90 Å². The summed E-state index contributed by atoms with van der Waals surface area (Å²) in [5, 5.41) is 10.8. The zero-order chi connectivity index (χ0) is 18.6. The van der Waals surface area contributed by atoms with Gasteiger partial charge >= 0.3 is 0 Å². The smallest absolute Gasteiger partial charge is 0.176 e. The molecule has 1 aromatic heterocycles. The van der Waals surface area contributed by atoms with E-state index in [0.717, 1.165) is 52.5 Å². The first-order valence-corrected chi connectivity index (χ1v) is 10.5. The molecule has 1 spiro atoms. The zero-order valence-electron chi connectivity index (χ0n) is 14.6. The molecule has 1 unspecified atom stereocenters. The van der Waals surface area contributed by atoms with E-state index in [1.54, 1.807) is 6.20 Å². The Hall–Kier alpha value is -1.19. The van der Waals surface area contributed by atoms with Gasteiger partial charge in [-0.15, -0.1) is 0 Å². The molecule has 2 aromatic rings. The molecule has 3 aliphatic heterocycles. The largest absolute Gasteiger partial charge is 0.451 e. The Labute approximate surface area is 174 Å². The SMILES string of the molecule is OC(CN1CC2(COC2)C1)CN1c2ccc(Br)cc2Oc2cc(Br)cnc21. The minimum atomic E-state index is -0.490. The summed E-state index contributed by atoms with van der Waals surface area (Å²) < 4.78 is 13.2. The van der Waals surface area contributed by atoms with Gasteiger partial charge in [0.1, 0.15) is 0 Å². The van der Waals surface area contributed by atoms with Crippen LogP contribution in [0.2, 0.25) is 0 Å². The number of benzene rings is 1. The van der Waals surface area contributed by atoms with E-state index in [1.165, 1.54) is 0 Å². The molecule has 3 aliphatic rings. The minimum Gasteiger partial charge on any atom is -0.451 e. The Morgan fingerprint density at radius 1 is 1.11 bits per heavy atom. The standard InChI is InChI=1S/C19H19Br2N3O3/c20-12-1-2-15-16(3-12)27-17-4-13(21)5-22-18(17)24(15)7-14(25)6-23-8-19(9-23)10-26-11-19/h1-5,14,25H,6-11H2. The third kappa shape index (κ3) is 3.27. The molecular weight excluding hydrogens is 478 g/mol. The number of aliphatic hydroxyl groups excluding tert-OH is 1. The number of aromatic nitrogens is 1. The van der Waals surface area contributed by atoms with E-state index in [9.17, 15) is 5.11 Å². The maximum atomic E-state index is 10.8. The number of rotatable bonds is 4. The Balaban J connectivity index is 1.36. The number of nitrogens with zero attached hydrogens (tertiary/aromatic N) is 3. The predicted molar refractivity (Wildman–Crippen MR) is 109 cm³/mol. The van der Waals surface area contributed by atoms with Crippen LogP contribution in [0.15, 0.2) is 39.4 Å². The lowest BCUT2D eigenvalue weighted by atomic mass is 9.78. The molecule has 142 valence electrons. The van der Waals surface area contributed by atoms with Gasteiger partial charge in [-0.1, -0.05) is 15.9 Å². The highest BCUT2D eigenvalue weighted by molar-refractivity contribution is 9.10. The van der Waals surface area contributed by atoms with Crippen LogP contribution in [0.5, 0.6) is 11.5 Å². The Bertz CT molecular complexity index is 831. The number of likely N-dealkylation sites (tertiary alicyclic amines) is 1. The summed E-state index contributed by atoms with van der Waals surface area (Å²) in [6, 6.07) is 7.81. The number of hydrogen-bond acceptors (Lipinski definition) is 6. The summed E-state index contributed by atoms with van der Waals surface area (Å²) in [6.45, 7) is 4.85. The summed E-state index contributed by atoms with van der Waals surface area (Å²) in [5.41, 5.74) is 1.27. The predicted octanol–water partition coefficient (Wildman–Crippen LogP) is 3.54. The summed E-state index contributed by atoms with van der Waals surface area (Å²) in [4.78, 5) is 8.87. The van der Waals surface area contributed by atoms with Crippen molar-refractivity contribution in [2.45, 2.75) is 6.10 Å². The molecule has 0 radical (unpaired) electrons. The minimum absolute atomic E-state index is 0.359. The van der Waals surface area contributed by atoms with Crippen LogP contribution in [0, 0.1) is 5.41 Å². The molecule has 2 fully saturated rings. The van der Waals surface area contributed by atoms with Crippen molar-refractivity contribution in [2.24, 2.45) is 5.41 Å². The molecule has 0 amide bonds. The number of ether oxygens (including phenoxy) is 2. The van der Waals surface area contributed by atoms with Gasteiger partial charge in [0, 0.05) is 46.3 Å². The third-order valence-electron chi connectivity index (χ3n) is 5.28. The lowest BCUT2D eigenvalue weighted by Gasteiger charge is -2.55. The summed E-state index contributed by atoms with van der Waals surface area (Å²) in [6.07, 6.45) is 1.26. The van der Waals surface area contributed by atoms with Gasteiger partial charge in [0.15, 0.2) is 17.3 Å². The molecule has 0 aliphatic carbocycles. The van der Waals surface area contributed by atoms with Crippen molar-refractivity contribution in [1.82, 2.24) is 9.88 Å². The highest BCUT2D eigenvalue weighted by Gasteiger charge is 2.49. The van der Waals surface area contributed by atoms with Gasteiger partial charge in [-0.2, -0.15) is 0 Å². The Morgan fingerprint density at radius 2 is 1.89 bits per heavy atom. The molecule has 0 saturated carbocycles. The summed E-state index contributed by atoms with van der Waals surface area (Å²) in [7, 11) is 0. The highest BCUT2D eigenvalue weighted by atomic mass is 79.9. The van der Waals surface area contributed by atoms with Gasteiger partial charge in [0.25, 0.3) is 0 Å². The molecule has 8 heteroatoms. The van der Waals surface area contributed by atoms with Gasteiger partial charge in [0.2, 0.25) is 0 Å². The maximum Gasteiger partial charge on any atom is 0.176 e. The fraction of sp³-hybridized carbons (Fsp3) is 0.421. The van der Waals surface area contributed by atoms with Crippen LogP contribution in [-0.4, -0.2) is 60.5 Å². The summed E-state index contributed by atoms with van der Waals surface area (Å²) >= 11 is 6.95. The van der Waals surface area contributed by atoms with Gasteiger partial charge in [-0.25, -0.2) is 4.98 Å². The topological polar surface area (TPSA) is 58.1 Å². The van der Waals surface area contributed by atoms with E-state index in [-0.39, 0.29) is 0 Å². The van der Waals surface area contributed by atoms with Crippen molar-refractivity contribution in [2.75, 3.05) is 44.3 Å². The van der Waals surface area contributed by atoms with Crippen LogP contribution >= 0.6 is 31.9 Å². The summed E-state index contributed by atoms with van der Waals surface area (Å²) in [5.74, 6) is 2.15. The molecular formula is C19H19Br2N3O3. The van der Waals surface area contributed by atoms with Crippen molar-refractivity contribution < 1.29 is 14.6 Å². The number of halogens is 2. The average molecular weight is 497 g/mol. The monoisotopic (exact) mass is 495 g/mol. The van der Waals surface area contributed by atoms with Gasteiger partial charge < -0.3 is 19.5 Å². The van der Waals surface area contributed by atoms with E-state index < -0.39 is 6.10 Å². The number of β-amino-alcohol motifs (C(OH)–C–C–N with tert-alkyl or cyclic N) is 1. The Morgan fingerprint density at radius 3 is 2.63 bits per heavy atom. The van der Waals surface area contributed by atoms with Crippen molar-refractivity contribution in [1.29, 1.82) is 0 Å². The second kappa shape index (κ2) is 6.70. The van der Waals surface area contributed by atoms with Crippen LogP contribution in [0.4, 0.5) is 11.5 Å². The zero-order valence-corrected chi connectivity index (χ0v) is 17.7. The molecule has 6 nitrogen and oxygen atoms in total. The number of aliphatic hydroxyl groups is 1. The lowest BCUT2D eigenvalue weighted by Crippen LogP contribution is -2.67. The molecule has 27 heavy (non-hydrogen) atoms. The molecule has 1 N–H and O–H groups in total. The number of hydrogen-bond donors (Lipinski definition) is 1. The first-order chi connectivity index (χ1) is 13.0. The van der Waals surface area contributed by atoms with E-state index in [4.69, 9.17) is 9.47 Å². The van der Waals surface area contributed by atoms with Gasteiger partial charge in [-0.05, 0) is 34.1 Å². The molecule has 0 bridgehead atoms. The molecule has 5 rings (SSSR count). The first-order valence-electron chi connectivity index (χ1n) is 8.90. The fourth-order valence-corrected chi connectivity index (χ4v) is 4.72. The molecule has 2 saturated heterocycles. The second-order valence-electron chi connectivity index (χ2n) is 7.62.